The fraction of sp³-hybridized carbons (Fsp3) is 0.333. The molecule has 2 N–H and O–H groups in total. The number of amides is 1. The minimum Gasteiger partial charge on any atom is -0.475 e. The molecule has 1 amide bonds. The summed E-state index contributed by atoms with van der Waals surface area (Å²) in [5.41, 5.74) is 3.18. The van der Waals surface area contributed by atoms with Crippen molar-refractivity contribution >= 4 is 17.7 Å². The van der Waals surface area contributed by atoms with E-state index >= 15 is 0 Å². The Morgan fingerprint density at radius 3 is 1.93 bits per heavy atom. The van der Waals surface area contributed by atoms with Gasteiger partial charge in [-0.25, -0.2) is 9.78 Å². The van der Waals surface area contributed by atoms with Crippen LogP contribution < -0.4 is 5.32 Å². The van der Waals surface area contributed by atoms with Gasteiger partial charge in [-0.1, -0.05) is 12.1 Å². The van der Waals surface area contributed by atoms with Crippen LogP contribution in [0.15, 0.2) is 24.3 Å². The lowest BCUT2D eigenvalue weighted by Gasteiger charge is -2.06. The Morgan fingerprint density at radius 2 is 1.57 bits per heavy atom. The molecule has 2 rings (SSSR count). The van der Waals surface area contributed by atoms with Crippen molar-refractivity contribution in [1.29, 1.82) is 0 Å². The van der Waals surface area contributed by atoms with Crippen LogP contribution in [0.2, 0.25) is 0 Å². The largest absolute Gasteiger partial charge is 0.490 e. The molecule has 7 nitrogen and oxygen atoms in total. The highest BCUT2D eigenvalue weighted by atomic mass is 19.4. The number of alkyl halides is 3. The summed E-state index contributed by atoms with van der Waals surface area (Å²) in [6.07, 6.45) is -5.08. The number of benzene rings is 1. The zero-order valence-corrected chi connectivity index (χ0v) is 15.7. The third kappa shape index (κ3) is 6.22. The van der Waals surface area contributed by atoms with E-state index in [2.05, 4.69) is 10.3 Å². The fourth-order valence-corrected chi connectivity index (χ4v) is 2.06. The number of carboxylic acid groups (broad SMARTS) is 1. The van der Waals surface area contributed by atoms with Gasteiger partial charge in [-0.15, -0.1) is 0 Å². The second-order valence-corrected chi connectivity index (χ2v) is 5.88. The van der Waals surface area contributed by atoms with E-state index in [1.807, 2.05) is 25.5 Å². The number of Topliss-reactive ketones (excluding diaryl/α,β-unsaturated/α-hetero) is 1. The van der Waals surface area contributed by atoms with Crippen molar-refractivity contribution in [1.82, 2.24) is 14.9 Å². The van der Waals surface area contributed by atoms with E-state index in [0.29, 0.717) is 17.7 Å². The van der Waals surface area contributed by atoms with E-state index in [4.69, 9.17) is 9.90 Å². The number of nitrogens with zero attached hydrogens (tertiary/aromatic N) is 2. The summed E-state index contributed by atoms with van der Waals surface area (Å²) in [6.45, 7) is 5.81. The van der Waals surface area contributed by atoms with Crippen molar-refractivity contribution in [2.45, 2.75) is 33.5 Å². The lowest BCUT2D eigenvalue weighted by atomic mass is 10.1. The lowest BCUT2D eigenvalue weighted by molar-refractivity contribution is -0.192. The molecule has 1 aromatic heterocycles. The molecule has 2 aromatic rings. The number of imidazole rings is 1. The molecule has 0 unspecified atom stereocenters. The minimum absolute atomic E-state index is 0.0130. The third-order valence-corrected chi connectivity index (χ3v) is 3.91. The summed E-state index contributed by atoms with van der Waals surface area (Å²) >= 11 is 0. The molecule has 0 aliphatic heterocycles. The van der Waals surface area contributed by atoms with Gasteiger partial charge in [0, 0.05) is 23.9 Å². The molecule has 0 fully saturated rings. The topological polar surface area (TPSA) is 101 Å². The molecule has 1 aromatic carbocycles. The van der Waals surface area contributed by atoms with Gasteiger partial charge in [0.05, 0.1) is 12.2 Å². The highest BCUT2D eigenvalue weighted by Gasteiger charge is 2.38. The number of nitrogens with one attached hydrogen (secondary N) is 1. The Kier molecular flexibility index (Phi) is 7.48. The first-order valence-corrected chi connectivity index (χ1v) is 8.02. The van der Waals surface area contributed by atoms with Crippen LogP contribution in [-0.4, -0.2) is 38.5 Å². The van der Waals surface area contributed by atoms with Gasteiger partial charge in [0.2, 0.25) is 0 Å². The summed E-state index contributed by atoms with van der Waals surface area (Å²) in [5, 5.41) is 9.96. The van der Waals surface area contributed by atoms with Crippen LogP contribution in [0.1, 0.15) is 44.9 Å². The number of hydrogen-bond acceptors (Lipinski definition) is 4. The number of rotatable bonds is 4. The van der Waals surface area contributed by atoms with Gasteiger partial charge in [-0.3, -0.25) is 9.59 Å². The summed E-state index contributed by atoms with van der Waals surface area (Å²) in [4.78, 5) is 36.6. The van der Waals surface area contributed by atoms with Crippen LogP contribution in [-0.2, 0) is 18.4 Å². The molecule has 10 heteroatoms. The standard InChI is InChI=1S/C16H19N3O2.C2HF3O2/c1-10-11(2)19(4)15(18-10)9-17-16(21)14-7-5-13(6-8-14)12(3)20;3-2(4,5)1(6)7/h5-8H,9H2,1-4H3,(H,17,21);(H,6,7). The van der Waals surface area contributed by atoms with Gasteiger partial charge in [0.1, 0.15) is 5.82 Å². The fourth-order valence-electron chi connectivity index (χ4n) is 2.06. The van der Waals surface area contributed by atoms with Gasteiger partial charge in [-0.05, 0) is 32.9 Å². The zero-order valence-electron chi connectivity index (χ0n) is 15.7. The highest BCUT2D eigenvalue weighted by molar-refractivity contribution is 5.97. The van der Waals surface area contributed by atoms with Crippen LogP contribution in [0.4, 0.5) is 13.2 Å². The molecule has 0 spiro atoms. The predicted octanol–water partition coefficient (Wildman–Crippen LogP) is 2.80. The summed E-state index contributed by atoms with van der Waals surface area (Å²) < 4.78 is 33.7. The van der Waals surface area contributed by atoms with Crippen molar-refractivity contribution in [2.75, 3.05) is 0 Å². The Labute approximate surface area is 159 Å². The van der Waals surface area contributed by atoms with E-state index in [1.165, 1.54) is 6.92 Å². The maximum Gasteiger partial charge on any atom is 0.490 e. The number of carbonyl (C=O) groups is 3. The van der Waals surface area contributed by atoms with Gasteiger partial charge in [0.25, 0.3) is 5.91 Å². The van der Waals surface area contributed by atoms with Crippen molar-refractivity contribution in [3.05, 3.63) is 52.6 Å². The third-order valence-electron chi connectivity index (χ3n) is 3.91. The molecule has 0 saturated heterocycles. The number of halogens is 3. The molecule has 0 bridgehead atoms. The quantitative estimate of drug-likeness (QED) is 0.770. The maximum atomic E-state index is 12.1. The molecule has 0 atom stereocenters. The first kappa shape index (κ1) is 22.9. The second kappa shape index (κ2) is 9.16. The Morgan fingerprint density at radius 1 is 1.11 bits per heavy atom. The molecular weight excluding hydrogens is 379 g/mol. The average molecular weight is 399 g/mol. The van der Waals surface area contributed by atoms with Gasteiger partial charge < -0.3 is 15.0 Å². The number of aryl methyl sites for hydroxylation is 1. The van der Waals surface area contributed by atoms with Gasteiger partial charge in [-0.2, -0.15) is 13.2 Å². The van der Waals surface area contributed by atoms with Crippen molar-refractivity contribution < 1.29 is 32.7 Å². The SMILES string of the molecule is CC(=O)c1ccc(C(=O)NCc2nc(C)c(C)n2C)cc1.O=C(O)C(F)(F)F. The first-order valence-electron chi connectivity index (χ1n) is 8.02. The number of hydrogen-bond donors (Lipinski definition) is 2. The second-order valence-electron chi connectivity index (χ2n) is 5.88. The number of carboxylic acids is 1. The molecule has 0 saturated carbocycles. The van der Waals surface area contributed by atoms with Crippen LogP contribution >= 0.6 is 0 Å². The normalized spacial score (nSPS) is 10.7. The summed E-state index contributed by atoms with van der Waals surface area (Å²) in [5.74, 6) is -2.13. The Hall–Kier alpha value is -3.17. The van der Waals surface area contributed by atoms with Crippen LogP contribution in [0, 0.1) is 13.8 Å². The number of carbonyl (C=O) groups excluding carboxylic acids is 2. The summed E-state index contributed by atoms with van der Waals surface area (Å²) in [7, 11) is 1.93. The lowest BCUT2D eigenvalue weighted by Crippen LogP contribution is -2.24. The van der Waals surface area contributed by atoms with E-state index in [0.717, 1.165) is 17.2 Å². The van der Waals surface area contributed by atoms with Crippen molar-refractivity contribution in [2.24, 2.45) is 7.05 Å². The van der Waals surface area contributed by atoms with E-state index in [1.54, 1.807) is 24.3 Å². The number of aliphatic carboxylic acids is 1. The van der Waals surface area contributed by atoms with Crippen LogP contribution in [0.5, 0.6) is 0 Å². The van der Waals surface area contributed by atoms with Gasteiger partial charge >= 0.3 is 12.1 Å². The molecule has 0 aliphatic carbocycles. The Bertz CT molecular complexity index is 871. The summed E-state index contributed by atoms with van der Waals surface area (Å²) in [6, 6.07) is 6.63. The molecule has 28 heavy (non-hydrogen) atoms. The van der Waals surface area contributed by atoms with Crippen LogP contribution in [0.3, 0.4) is 0 Å². The minimum atomic E-state index is -5.08. The van der Waals surface area contributed by atoms with Gasteiger partial charge in [0.15, 0.2) is 5.78 Å². The van der Waals surface area contributed by atoms with Crippen molar-refractivity contribution in [3.8, 4) is 0 Å². The van der Waals surface area contributed by atoms with E-state index in [-0.39, 0.29) is 11.7 Å². The maximum absolute atomic E-state index is 12.1. The molecule has 0 radical (unpaired) electrons. The Balaban J connectivity index is 0.000000480. The molecule has 1 heterocycles. The smallest absolute Gasteiger partial charge is 0.475 e. The molecule has 0 aliphatic rings. The average Bonchev–Trinajstić information content (AvgIpc) is 2.86. The first-order chi connectivity index (χ1) is 12.8. The van der Waals surface area contributed by atoms with E-state index in [9.17, 15) is 22.8 Å². The zero-order chi connectivity index (χ0) is 21.6. The highest BCUT2D eigenvalue weighted by Crippen LogP contribution is 2.13. The van der Waals surface area contributed by atoms with Crippen LogP contribution in [0.25, 0.3) is 0 Å². The molecule has 152 valence electrons. The number of ketones is 1. The van der Waals surface area contributed by atoms with E-state index < -0.39 is 12.1 Å². The number of aromatic nitrogens is 2. The monoisotopic (exact) mass is 399 g/mol. The predicted molar refractivity (Wildman–Crippen MR) is 94.0 cm³/mol. The molecular formula is C18H20F3N3O4. The van der Waals surface area contributed by atoms with Crippen molar-refractivity contribution in [3.63, 3.8) is 0 Å².